The molecule has 0 radical (unpaired) electrons. The minimum absolute atomic E-state index is 0.0714. The Morgan fingerprint density at radius 3 is 2.12 bits per heavy atom. The molecule has 1 aromatic heterocycles. The van der Waals surface area contributed by atoms with E-state index < -0.39 is 47.8 Å². The highest BCUT2D eigenvalue weighted by molar-refractivity contribution is 6.31. The Labute approximate surface area is 408 Å². The highest BCUT2D eigenvalue weighted by atomic mass is 35.5. The Morgan fingerprint density at radius 1 is 0.779 bits per heavy atom. The molecule has 5 amide bonds. The fourth-order valence-electron chi connectivity index (χ4n) is 8.35. The highest BCUT2D eigenvalue weighted by Crippen LogP contribution is 2.32. The molecule has 0 unspecified atom stereocenters. The Morgan fingerprint density at radius 2 is 1.46 bits per heavy atom. The second-order valence-corrected chi connectivity index (χ2v) is 18.3. The quantitative estimate of drug-likeness (QED) is 0.132. The number of nitrogens with zero attached hydrogens (tertiary/aromatic N) is 5. The van der Waals surface area contributed by atoms with E-state index in [1.807, 2.05) is 91.5 Å². The Balaban J connectivity index is 1.37. The zero-order valence-corrected chi connectivity index (χ0v) is 41.2. The second kappa shape index (κ2) is 23.7. The van der Waals surface area contributed by atoms with Crippen LogP contribution in [0.3, 0.4) is 0 Å². The predicted molar refractivity (Wildman–Crippen MR) is 263 cm³/mol. The van der Waals surface area contributed by atoms with E-state index in [9.17, 15) is 19.2 Å². The van der Waals surface area contributed by atoms with Crippen LogP contribution in [0.1, 0.15) is 56.1 Å². The van der Waals surface area contributed by atoms with E-state index in [1.165, 1.54) is 16.9 Å². The average molecular weight is 967 g/mol. The Hall–Kier alpha value is -6.22. The first-order chi connectivity index (χ1) is 32.6. The molecule has 1 aliphatic rings. The maximum absolute atomic E-state index is 15.0. The van der Waals surface area contributed by atoms with Crippen molar-refractivity contribution in [3.05, 3.63) is 136 Å². The molecule has 0 bridgehead atoms. The van der Waals surface area contributed by atoms with Gasteiger partial charge in [0, 0.05) is 87.3 Å². The van der Waals surface area contributed by atoms with Crippen molar-refractivity contribution in [1.29, 1.82) is 0 Å². The Kier molecular flexibility index (Phi) is 17.8. The third-order valence-electron chi connectivity index (χ3n) is 12.7. The number of rotatable bonds is 12. The van der Waals surface area contributed by atoms with Crippen molar-refractivity contribution in [2.45, 2.75) is 83.6 Å². The van der Waals surface area contributed by atoms with Crippen molar-refractivity contribution in [2.75, 3.05) is 34.4 Å². The van der Waals surface area contributed by atoms with Gasteiger partial charge in [-0.25, -0.2) is 4.98 Å². The van der Waals surface area contributed by atoms with Gasteiger partial charge >= 0.3 is 0 Å². The van der Waals surface area contributed by atoms with E-state index >= 15 is 4.79 Å². The molecule has 0 spiro atoms. The van der Waals surface area contributed by atoms with E-state index in [-0.39, 0.29) is 50.8 Å². The fraction of sp³-hybridized carbons (Fsp3) is 0.385. The van der Waals surface area contributed by atoms with E-state index in [0.717, 1.165) is 34.6 Å². The molecule has 14 nitrogen and oxygen atoms in total. The number of methoxy groups -OCH3 is 1. The number of carbonyl (C=O) groups excluding carboxylic acids is 5. The van der Waals surface area contributed by atoms with Gasteiger partial charge in [-0.1, -0.05) is 78.7 Å². The lowest BCUT2D eigenvalue weighted by molar-refractivity contribution is -0.147. The molecule has 6 rings (SSSR count). The molecule has 1 fully saturated rings. The number of benzene rings is 4. The van der Waals surface area contributed by atoms with Crippen LogP contribution in [0.4, 0.5) is 0 Å². The van der Waals surface area contributed by atoms with Crippen molar-refractivity contribution >= 4 is 52.7 Å². The zero-order valence-electron chi connectivity index (χ0n) is 39.7. The van der Waals surface area contributed by atoms with Gasteiger partial charge in [-0.3, -0.25) is 24.0 Å². The van der Waals surface area contributed by atoms with E-state index in [4.69, 9.17) is 32.7 Å². The largest absolute Gasteiger partial charge is 0.457 e. The number of hydrogen-bond donors (Lipinski definition) is 2. The summed E-state index contributed by atoms with van der Waals surface area (Å²) in [6, 6.07) is 25.7. The number of amides is 5. The van der Waals surface area contributed by atoms with Gasteiger partial charge in [-0.2, -0.15) is 0 Å². The molecule has 68 heavy (non-hydrogen) atoms. The maximum Gasteiger partial charge on any atom is 0.247 e. The summed E-state index contributed by atoms with van der Waals surface area (Å²) in [5, 5.41) is 6.75. The standard InChI is InChI=1S/C52H61Cl2N7O7/c1-8-47-55-30-45(60(47)6)37-17-22-43(23-18-37)68-46-27-41(54)21-16-38(46)31-61-34(3)50(64)57-44(32-67-7)52(66)59(5)42(25-36-14-19-40(53)20-15-36)28-48(62)56-29-33(2)58(4)51(65)39(26-49(61)63)24-35-12-10-9-11-13-35/h9-23,27,30,33-34,39,42,44H,8,24-26,28-29,31-32H2,1-7H3,(H,56,62)(H,57,64)/t33-,34-,39+,42-,44-/m0/s1. The van der Waals surface area contributed by atoms with Crippen LogP contribution in [0.5, 0.6) is 11.5 Å². The molecule has 360 valence electrons. The minimum Gasteiger partial charge on any atom is -0.457 e. The first-order valence-electron chi connectivity index (χ1n) is 22.8. The first kappa shape index (κ1) is 51.2. The second-order valence-electron chi connectivity index (χ2n) is 17.4. The number of nitrogens with one attached hydrogen (secondary N) is 2. The summed E-state index contributed by atoms with van der Waals surface area (Å²) in [7, 11) is 6.64. The zero-order chi connectivity index (χ0) is 49.1. The molecule has 4 aromatic carbocycles. The van der Waals surface area contributed by atoms with Gasteiger partial charge < -0.3 is 39.4 Å². The summed E-state index contributed by atoms with van der Waals surface area (Å²) in [6.07, 6.45) is 2.84. The third-order valence-corrected chi connectivity index (χ3v) is 13.2. The fourth-order valence-corrected chi connectivity index (χ4v) is 8.63. The molecule has 5 aromatic rings. The number of halogens is 2. The van der Waals surface area contributed by atoms with Crippen molar-refractivity contribution in [3.8, 4) is 22.8 Å². The van der Waals surface area contributed by atoms with Crippen LogP contribution in [-0.2, 0) is 61.6 Å². The lowest BCUT2D eigenvalue weighted by Crippen LogP contribution is -2.57. The molecule has 0 aliphatic carbocycles. The lowest BCUT2D eigenvalue weighted by atomic mass is 9.93. The molecule has 5 atom stereocenters. The molecule has 0 saturated carbocycles. The number of carbonyl (C=O) groups is 5. The van der Waals surface area contributed by atoms with Gasteiger partial charge in [0.15, 0.2) is 0 Å². The average Bonchev–Trinajstić information content (AvgIpc) is 3.71. The SMILES string of the molecule is CCc1ncc(-c2ccc(Oc3cc(Cl)ccc3CN3C(=O)C[C@@H](Cc4ccccc4)C(=O)N(C)[C@@H](C)CNC(=O)C[C@H](Cc4ccc(Cl)cc4)N(C)C(=O)[C@H](COC)NC(=O)[C@@H]3C)cc2)n1C. The maximum atomic E-state index is 15.0. The monoisotopic (exact) mass is 965 g/mol. The number of aryl methyl sites for hydroxylation is 1. The number of hydrogen-bond acceptors (Lipinski definition) is 8. The van der Waals surface area contributed by atoms with Crippen LogP contribution >= 0.6 is 23.2 Å². The molecule has 16 heteroatoms. The number of likely N-dealkylation sites (N-methyl/N-ethyl adjacent to an activating group) is 2. The van der Waals surface area contributed by atoms with E-state index in [1.54, 1.807) is 56.3 Å². The topological polar surface area (TPSA) is 155 Å². The van der Waals surface area contributed by atoms with E-state index in [2.05, 4.69) is 22.5 Å². The highest BCUT2D eigenvalue weighted by Gasteiger charge is 2.36. The Bertz CT molecular complexity index is 2540. The summed E-state index contributed by atoms with van der Waals surface area (Å²) in [4.78, 5) is 81.1. The van der Waals surface area contributed by atoms with Crippen LogP contribution in [0.25, 0.3) is 11.3 Å². The number of imidazole rings is 1. The molecular formula is C52H61Cl2N7O7. The summed E-state index contributed by atoms with van der Waals surface area (Å²) in [6.45, 7) is 5.26. The summed E-state index contributed by atoms with van der Waals surface area (Å²) >= 11 is 12.8. The van der Waals surface area contributed by atoms with Crippen LogP contribution in [-0.4, -0.2) is 112 Å². The van der Waals surface area contributed by atoms with Crippen LogP contribution in [0.2, 0.25) is 10.0 Å². The molecule has 1 saturated heterocycles. The normalized spacial score (nSPS) is 20.5. The summed E-state index contributed by atoms with van der Waals surface area (Å²) < 4.78 is 14.0. The van der Waals surface area contributed by atoms with Gasteiger partial charge in [-0.05, 0) is 86.3 Å². The van der Waals surface area contributed by atoms with Crippen molar-refractivity contribution in [1.82, 2.24) is 34.9 Å². The van der Waals surface area contributed by atoms with Gasteiger partial charge in [0.2, 0.25) is 29.5 Å². The molecule has 1 aliphatic heterocycles. The van der Waals surface area contributed by atoms with Gasteiger partial charge in [-0.15, -0.1) is 0 Å². The third kappa shape index (κ3) is 13.1. The van der Waals surface area contributed by atoms with Gasteiger partial charge in [0.1, 0.15) is 29.4 Å². The van der Waals surface area contributed by atoms with Crippen LogP contribution < -0.4 is 15.4 Å². The first-order valence-corrected chi connectivity index (χ1v) is 23.6. The van der Waals surface area contributed by atoms with E-state index in [0.29, 0.717) is 33.5 Å². The van der Waals surface area contributed by atoms with Crippen molar-refractivity contribution < 1.29 is 33.4 Å². The minimum atomic E-state index is -1.19. The summed E-state index contributed by atoms with van der Waals surface area (Å²) in [5.41, 5.74) is 4.12. The van der Waals surface area contributed by atoms with Crippen LogP contribution in [0.15, 0.2) is 103 Å². The smallest absolute Gasteiger partial charge is 0.247 e. The molecular weight excluding hydrogens is 906 g/mol. The number of ether oxygens (including phenoxy) is 2. The van der Waals surface area contributed by atoms with Crippen molar-refractivity contribution in [2.24, 2.45) is 13.0 Å². The van der Waals surface area contributed by atoms with Crippen LogP contribution in [0, 0.1) is 5.92 Å². The number of aromatic nitrogens is 2. The lowest BCUT2D eigenvalue weighted by Gasteiger charge is -2.35. The van der Waals surface area contributed by atoms with Gasteiger partial charge in [0.05, 0.1) is 31.0 Å². The molecule has 2 N–H and O–H groups in total. The predicted octanol–water partition coefficient (Wildman–Crippen LogP) is 7.28. The summed E-state index contributed by atoms with van der Waals surface area (Å²) in [5.74, 6) is -1.27. The molecule has 2 heterocycles. The van der Waals surface area contributed by atoms with Crippen molar-refractivity contribution in [3.63, 3.8) is 0 Å². The van der Waals surface area contributed by atoms with Gasteiger partial charge in [0.25, 0.3) is 0 Å².